The smallest absolute Gasteiger partial charge is 0.271 e. The second-order valence-corrected chi connectivity index (χ2v) is 8.60. The van der Waals surface area contributed by atoms with E-state index >= 15 is 0 Å². The summed E-state index contributed by atoms with van der Waals surface area (Å²) in [6.45, 7) is 6.99. The van der Waals surface area contributed by atoms with Crippen molar-refractivity contribution in [3.8, 4) is 11.1 Å². The fourth-order valence-electron chi connectivity index (χ4n) is 4.20. The lowest BCUT2D eigenvalue weighted by atomic mass is 10.0. The molecule has 0 radical (unpaired) electrons. The number of anilines is 1. The maximum Gasteiger partial charge on any atom is 0.271 e. The highest BCUT2D eigenvalue weighted by Gasteiger charge is 2.24. The summed E-state index contributed by atoms with van der Waals surface area (Å²) in [6, 6.07) is 13.9. The van der Waals surface area contributed by atoms with Crippen LogP contribution < -0.4 is 4.90 Å². The molecule has 3 aromatic rings. The summed E-state index contributed by atoms with van der Waals surface area (Å²) in [5.74, 6) is -0.0285. The Bertz CT molecular complexity index is 1160. The SMILES string of the molecule is Cc1cc(C)n(CC(=O)N2CCN(c3ccccc3-c3ccnc(C(=O)N(C)C)c3)CC2)n1. The highest BCUT2D eigenvalue weighted by Crippen LogP contribution is 2.31. The topological polar surface area (TPSA) is 74.6 Å². The molecule has 2 amide bonds. The van der Waals surface area contributed by atoms with Crippen molar-refractivity contribution in [1.29, 1.82) is 0 Å². The van der Waals surface area contributed by atoms with E-state index < -0.39 is 0 Å². The standard InChI is InChI=1S/C25H30N6O2/c1-18-15-19(2)31(27-18)17-24(32)30-13-11-29(12-14-30)23-8-6-5-7-21(23)20-9-10-26-22(16-20)25(33)28(3)4/h5-10,15-16H,11-14,17H2,1-4H3. The molecule has 33 heavy (non-hydrogen) atoms. The fourth-order valence-corrected chi connectivity index (χ4v) is 4.20. The minimum Gasteiger partial charge on any atom is -0.367 e. The third-order valence-electron chi connectivity index (χ3n) is 5.96. The van der Waals surface area contributed by atoms with Gasteiger partial charge in [-0.3, -0.25) is 19.3 Å². The number of carbonyl (C=O) groups excluding carboxylic acids is 2. The normalized spacial score (nSPS) is 13.8. The lowest BCUT2D eigenvalue weighted by Gasteiger charge is -2.37. The van der Waals surface area contributed by atoms with Crippen molar-refractivity contribution in [2.24, 2.45) is 0 Å². The number of nitrogens with zero attached hydrogens (tertiary/aromatic N) is 6. The van der Waals surface area contributed by atoms with Gasteiger partial charge in [0.05, 0.1) is 5.69 Å². The number of hydrogen-bond donors (Lipinski definition) is 0. The third kappa shape index (κ3) is 4.89. The van der Waals surface area contributed by atoms with Crippen molar-refractivity contribution in [1.82, 2.24) is 24.6 Å². The van der Waals surface area contributed by atoms with Gasteiger partial charge in [-0.05, 0) is 43.7 Å². The van der Waals surface area contributed by atoms with Gasteiger partial charge in [0.15, 0.2) is 0 Å². The van der Waals surface area contributed by atoms with Crippen LogP contribution in [0, 0.1) is 13.8 Å². The number of benzene rings is 1. The fraction of sp³-hybridized carbons (Fsp3) is 0.360. The van der Waals surface area contributed by atoms with Crippen molar-refractivity contribution in [2.75, 3.05) is 45.2 Å². The van der Waals surface area contributed by atoms with Gasteiger partial charge in [0, 0.05) is 63.4 Å². The number of carbonyl (C=O) groups is 2. The Morgan fingerprint density at radius 3 is 2.39 bits per heavy atom. The number of aromatic nitrogens is 3. The van der Waals surface area contributed by atoms with Gasteiger partial charge < -0.3 is 14.7 Å². The first kappa shape index (κ1) is 22.5. The molecule has 1 fully saturated rings. The molecule has 0 saturated carbocycles. The van der Waals surface area contributed by atoms with Gasteiger partial charge in [-0.1, -0.05) is 18.2 Å². The molecule has 0 unspecified atom stereocenters. The molecule has 1 saturated heterocycles. The maximum atomic E-state index is 12.8. The first-order valence-corrected chi connectivity index (χ1v) is 11.1. The van der Waals surface area contributed by atoms with Gasteiger partial charge >= 0.3 is 0 Å². The molecule has 1 aliphatic heterocycles. The molecule has 8 nitrogen and oxygen atoms in total. The number of rotatable bonds is 5. The van der Waals surface area contributed by atoms with E-state index in [1.165, 1.54) is 4.90 Å². The molecule has 3 heterocycles. The van der Waals surface area contributed by atoms with E-state index in [0.29, 0.717) is 18.8 Å². The zero-order valence-electron chi connectivity index (χ0n) is 19.7. The molecule has 1 aromatic carbocycles. The third-order valence-corrected chi connectivity index (χ3v) is 5.96. The van der Waals surface area contributed by atoms with Crippen LogP contribution in [0.25, 0.3) is 11.1 Å². The molecule has 172 valence electrons. The van der Waals surface area contributed by atoms with E-state index in [0.717, 1.165) is 41.3 Å². The lowest BCUT2D eigenvalue weighted by Crippen LogP contribution is -2.49. The number of aryl methyl sites for hydroxylation is 2. The minimum atomic E-state index is -0.121. The molecular weight excluding hydrogens is 416 g/mol. The second kappa shape index (κ2) is 9.44. The molecule has 1 aliphatic rings. The van der Waals surface area contributed by atoms with Gasteiger partial charge in [-0.25, -0.2) is 0 Å². The second-order valence-electron chi connectivity index (χ2n) is 8.60. The van der Waals surface area contributed by atoms with E-state index in [1.54, 1.807) is 25.0 Å². The summed E-state index contributed by atoms with van der Waals surface area (Å²) in [5.41, 5.74) is 5.44. The Balaban J connectivity index is 1.48. The number of pyridine rings is 1. The Morgan fingerprint density at radius 1 is 1.00 bits per heavy atom. The van der Waals surface area contributed by atoms with Gasteiger partial charge in [0.1, 0.15) is 12.2 Å². The van der Waals surface area contributed by atoms with Crippen molar-refractivity contribution in [3.05, 3.63) is 65.7 Å². The van der Waals surface area contributed by atoms with Crippen molar-refractivity contribution < 1.29 is 9.59 Å². The van der Waals surface area contributed by atoms with Gasteiger partial charge in [-0.15, -0.1) is 0 Å². The van der Waals surface area contributed by atoms with Crippen LogP contribution in [-0.2, 0) is 11.3 Å². The summed E-state index contributed by atoms with van der Waals surface area (Å²) in [7, 11) is 3.44. The summed E-state index contributed by atoms with van der Waals surface area (Å²) < 4.78 is 1.77. The Labute approximate surface area is 194 Å². The van der Waals surface area contributed by atoms with Gasteiger partial charge in [0.2, 0.25) is 5.91 Å². The maximum absolute atomic E-state index is 12.8. The zero-order chi connectivity index (χ0) is 23.5. The van der Waals surface area contributed by atoms with E-state index in [1.807, 2.05) is 49.1 Å². The molecule has 2 aromatic heterocycles. The molecule has 4 rings (SSSR count). The lowest BCUT2D eigenvalue weighted by molar-refractivity contribution is -0.132. The van der Waals surface area contributed by atoms with Crippen LogP contribution in [-0.4, -0.2) is 76.7 Å². The summed E-state index contributed by atoms with van der Waals surface area (Å²) in [5, 5.41) is 4.41. The Morgan fingerprint density at radius 2 is 1.73 bits per heavy atom. The van der Waals surface area contributed by atoms with E-state index in [9.17, 15) is 9.59 Å². The van der Waals surface area contributed by atoms with Crippen LogP contribution in [0.1, 0.15) is 21.9 Å². The molecular formula is C25H30N6O2. The highest BCUT2D eigenvalue weighted by atomic mass is 16.2. The number of hydrogen-bond acceptors (Lipinski definition) is 5. The molecule has 0 N–H and O–H groups in total. The monoisotopic (exact) mass is 446 g/mol. The van der Waals surface area contributed by atoms with Crippen molar-refractivity contribution in [3.63, 3.8) is 0 Å². The Hall–Kier alpha value is -3.68. The Kier molecular flexibility index (Phi) is 6.44. The predicted octanol–water partition coefficient (Wildman–Crippen LogP) is 2.61. The number of para-hydroxylation sites is 1. The van der Waals surface area contributed by atoms with Gasteiger partial charge in [-0.2, -0.15) is 5.10 Å². The zero-order valence-corrected chi connectivity index (χ0v) is 19.7. The first-order valence-electron chi connectivity index (χ1n) is 11.1. The average Bonchev–Trinajstić information content (AvgIpc) is 3.14. The number of amides is 2. The first-order chi connectivity index (χ1) is 15.8. The minimum absolute atomic E-state index is 0.0927. The molecule has 0 bridgehead atoms. The molecule has 8 heteroatoms. The number of piperazine rings is 1. The quantitative estimate of drug-likeness (QED) is 0.602. The van der Waals surface area contributed by atoms with Crippen molar-refractivity contribution in [2.45, 2.75) is 20.4 Å². The van der Waals surface area contributed by atoms with Crippen LogP contribution in [0.5, 0.6) is 0 Å². The molecule has 0 atom stereocenters. The summed E-state index contributed by atoms with van der Waals surface area (Å²) in [4.78, 5) is 35.2. The highest BCUT2D eigenvalue weighted by molar-refractivity contribution is 5.93. The summed E-state index contributed by atoms with van der Waals surface area (Å²) >= 11 is 0. The van der Waals surface area contributed by atoms with Crippen LogP contribution in [0.15, 0.2) is 48.7 Å². The predicted molar refractivity (Wildman–Crippen MR) is 128 cm³/mol. The van der Waals surface area contributed by atoms with E-state index in [-0.39, 0.29) is 18.4 Å². The van der Waals surface area contributed by atoms with Crippen LogP contribution >= 0.6 is 0 Å². The summed E-state index contributed by atoms with van der Waals surface area (Å²) in [6.07, 6.45) is 1.68. The van der Waals surface area contributed by atoms with Crippen LogP contribution in [0.4, 0.5) is 5.69 Å². The largest absolute Gasteiger partial charge is 0.367 e. The van der Waals surface area contributed by atoms with E-state index in [4.69, 9.17) is 0 Å². The van der Waals surface area contributed by atoms with Crippen LogP contribution in [0.2, 0.25) is 0 Å². The van der Waals surface area contributed by atoms with Crippen LogP contribution in [0.3, 0.4) is 0 Å². The molecule has 0 aliphatic carbocycles. The average molecular weight is 447 g/mol. The van der Waals surface area contributed by atoms with E-state index in [2.05, 4.69) is 27.1 Å². The molecule has 0 spiro atoms. The van der Waals surface area contributed by atoms with Gasteiger partial charge in [0.25, 0.3) is 5.91 Å². The van der Waals surface area contributed by atoms with Crippen molar-refractivity contribution >= 4 is 17.5 Å².